The molecule has 0 bridgehead atoms. The van der Waals surface area contributed by atoms with Crippen LogP contribution in [0.2, 0.25) is 0 Å². The van der Waals surface area contributed by atoms with Crippen LogP contribution in [-0.2, 0) is 0 Å². The minimum Gasteiger partial charge on any atom is -0.493 e. The third-order valence-electron chi connectivity index (χ3n) is 3.26. The Morgan fingerprint density at radius 1 is 1.00 bits per heavy atom. The zero-order chi connectivity index (χ0) is 14.9. The molecular weight excluding hydrogens is 264 g/mol. The van der Waals surface area contributed by atoms with Gasteiger partial charge in [-0.15, -0.1) is 0 Å². The third-order valence-corrected chi connectivity index (χ3v) is 3.26. The number of nitrogens with two attached hydrogens (primary N) is 1. The predicted octanol–water partition coefficient (Wildman–Crippen LogP) is 3.26. The van der Waals surface area contributed by atoms with Crippen LogP contribution in [0.25, 0.3) is 11.3 Å². The summed E-state index contributed by atoms with van der Waals surface area (Å²) < 4.78 is 5.87. The summed E-state index contributed by atoms with van der Waals surface area (Å²) in [7, 11) is 0. The highest BCUT2D eigenvalue weighted by molar-refractivity contribution is 5.67. The van der Waals surface area contributed by atoms with Crippen LogP contribution in [0.3, 0.4) is 0 Å². The van der Waals surface area contributed by atoms with E-state index in [1.54, 1.807) is 6.20 Å². The molecule has 1 aromatic carbocycles. The third kappa shape index (κ3) is 4.76. The topological polar surface area (TPSA) is 68.4 Å². The van der Waals surface area contributed by atoms with Crippen molar-refractivity contribution in [2.75, 3.05) is 18.9 Å². The van der Waals surface area contributed by atoms with Crippen molar-refractivity contribution in [3.8, 4) is 17.0 Å². The van der Waals surface area contributed by atoms with Gasteiger partial charge in [0.05, 0.1) is 24.2 Å². The number of hydrogen-bond donors (Lipinski definition) is 2. The van der Waals surface area contributed by atoms with Gasteiger partial charge in [-0.1, -0.05) is 18.6 Å². The molecule has 0 amide bonds. The van der Waals surface area contributed by atoms with Crippen LogP contribution < -0.4 is 10.5 Å². The summed E-state index contributed by atoms with van der Waals surface area (Å²) in [6.45, 7) is 0.948. The minimum atomic E-state index is 0.270. The van der Waals surface area contributed by atoms with Gasteiger partial charge < -0.3 is 15.6 Å². The molecule has 0 atom stereocenters. The number of benzene rings is 1. The Morgan fingerprint density at radius 3 is 2.57 bits per heavy atom. The lowest BCUT2D eigenvalue weighted by Crippen LogP contribution is -1.99. The number of unbranched alkanes of at least 4 members (excludes halogenated alkanes) is 3. The molecular formula is C17H22N2O2. The first kappa shape index (κ1) is 15.3. The molecule has 0 unspecified atom stereocenters. The van der Waals surface area contributed by atoms with E-state index in [1.807, 2.05) is 36.4 Å². The number of rotatable bonds is 8. The maximum Gasteiger partial charge on any atom is 0.128 e. The fourth-order valence-corrected chi connectivity index (χ4v) is 2.12. The summed E-state index contributed by atoms with van der Waals surface area (Å²) in [5, 5.41) is 8.74. The van der Waals surface area contributed by atoms with Crippen LogP contribution in [0, 0.1) is 0 Å². The maximum absolute atomic E-state index is 8.74. The number of aliphatic hydroxyl groups is 1. The summed E-state index contributed by atoms with van der Waals surface area (Å²) in [5.74, 6) is 0.844. The second kappa shape index (κ2) is 8.27. The molecule has 0 aliphatic rings. The van der Waals surface area contributed by atoms with Crippen LogP contribution in [0.5, 0.6) is 5.75 Å². The van der Waals surface area contributed by atoms with Crippen molar-refractivity contribution < 1.29 is 9.84 Å². The number of nitrogens with zero attached hydrogens (tertiary/aromatic N) is 1. The highest BCUT2D eigenvalue weighted by atomic mass is 16.5. The average molecular weight is 286 g/mol. The van der Waals surface area contributed by atoms with Gasteiger partial charge in [-0.05, 0) is 43.5 Å². The Kier molecular flexibility index (Phi) is 6.03. The second-order valence-electron chi connectivity index (χ2n) is 4.96. The molecule has 2 aromatic rings. The van der Waals surface area contributed by atoms with Gasteiger partial charge in [0, 0.05) is 12.2 Å². The number of pyridine rings is 1. The average Bonchev–Trinajstić information content (AvgIpc) is 2.52. The van der Waals surface area contributed by atoms with E-state index in [1.165, 1.54) is 0 Å². The standard InChI is InChI=1S/C17H22N2O2/c18-14-9-10-16(19-13-14)15-7-3-4-8-17(15)21-12-6-2-1-5-11-20/h3-4,7-10,13,20H,1-2,5-6,11-12,18H2. The fourth-order valence-electron chi connectivity index (χ4n) is 2.12. The van der Waals surface area contributed by atoms with Gasteiger partial charge in [0.1, 0.15) is 5.75 Å². The van der Waals surface area contributed by atoms with E-state index in [2.05, 4.69) is 4.98 Å². The smallest absolute Gasteiger partial charge is 0.128 e. The highest BCUT2D eigenvalue weighted by Gasteiger charge is 2.06. The van der Waals surface area contributed by atoms with Gasteiger partial charge in [-0.25, -0.2) is 0 Å². The van der Waals surface area contributed by atoms with Gasteiger partial charge in [0.15, 0.2) is 0 Å². The summed E-state index contributed by atoms with van der Waals surface area (Å²) in [5.41, 5.74) is 8.16. The molecule has 0 fully saturated rings. The van der Waals surface area contributed by atoms with E-state index >= 15 is 0 Å². The predicted molar refractivity (Wildman–Crippen MR) is 85.1 cm³/mol. The Labute approximate surface area is 125 Å². The van der Waals surface area contributed by atoms with Crippen LogP contribution in [0.15, 0.2) is 42.6 Å². The molecule has 0 radical (unpaired) electrons. The Balaban J connectivity index is 1.95. The molecule has 4 heteroatoms. The van der Waals surface area contributed by atoms with E-state index in [0.29, 0.717) is 12.3 Å². The molecule has 21 heavy (non-hydrogen) atoms. The first-order valence-electron chi connectivity index (χ1n) is 7.36. The number of hydrogen-bond acceptors (Lipinski definition) is 4. The molecule has 1 aromatic heterocycles. The number of anilines is 1. The molecule has 0 aliphatic carbocycles. The van der Waals surface area contributed by atoms with E-state index in [4.69, 9.17) is 15.6 Å². The first-order chi connectivity index (χ1) is 10.3. The van der Waals surface area contributed by atoms with Crippen LogP contribution in [-0.4, -0.2) is 23.3 Å². The van der Waals surface area contributed by atoms with Gasteiger partial charge in [0.25, 0.3) is 0 Å². The molecule has 1 heterocycles. The van der Waals surface area contributed by atoms with Crippen LogP contribution in [0.1, 0.15) is 25.7 Å². The normalized spacial score (nSPS) is 10.5. The number of aromatic nitrogens is 1. The van der Waals surface area contributed by atoms with Crippen LogP contribution >= 0.6 is 0 Å². The first-order valence-corrected chi connectivity index (χ1v) is 7.36. The number of nitrogen functional groups attached to an aromatic ring is 1. The van der Waals surface area contributed by atoms with Crippen molar-refractivity contribution in [3.05, 3.63) is 42.6 Å². The van der Waals surface area contributed by atoms with Crippen molar-refractivity contribution in [1.29, 1.82) is 0 Å². The van der Waals surface area contributed by atoms with Crippen molar-refractivity contribution in [2.24, 2.45) is 0 Å². The summed E-state index contributed by atoms with van der Waals surface area (Å²) in [4.78, 5) is 4.35. The SMILES string of the molecule is Nc1ccc(-c2ccccc2OCCCCCCO)nc1. The summed E-state index contributed by atoms with van der Waals surface area (Å²) >= 11 is 0. The van der Waals surface area contributed by atoms with Gasteiger partial charge in [0.2, 0.25) is 0 Å². The lowest BCUT2D eigenvalue weighted by molar-refractivity contribution is 0.273. The lowest BCUT2D eigenvalue weighted by atomic mass is 10.1. The molecule has 4 nitrogen and oxygen atoms in total. The van der Waals surface area contributed by atoms with E-state index in [0.717, 1.165) is 42.7 Å². The van der Waals surface area contributed by atoms with Gasteiger partial charge in [-0.3, -0.25) is 4.98 Å². The molecule has 0 saturated carbocycles. The molecule has 2 rings (SSSR count). The Bertz CT molecular complexity index is 541. The zero-order valence-corrected chi connectivity index (χ0v) is 12.2. The summed E-state index contributed by atoms with van der Waals surface area (Å²) in [6.07, 6.45) is 5.63. The van der Waals surface area contributed by atoms with Crippen molar-refractivity contribution in [1.82, 2.24) is 4.98 Å². The minimum absolute atomic E-state index is 0.270. The number of aliphatic hydroxyl groups excluding tert-OH is 1. The van der Waals surface area contributed by atoms with Gasteiger partial charge in [-0.2, -0.15) is 0 Å². The van der Waals surface area contributed by atoms with Crippen LogP contribution in [0.4, 0.5) is 5.69 Å². The second-order valence-corrected chi connectivity index (χ2v) is 4.96. The molecule has 0 aliphatic heterocycles. The summed E-state index contributed by atoms with van der Waals surface area (Å²) in [6, 6.07) is 11.6. The number of para-hydroxylation sites is 1. The highest BCUT2D eigenvalue weighted by Crippen LogP contribution is 2.28. The largest absolute Gasteiger partial charge is 0.493 e. The van der Waals surface area contributed by atoms with E-state index < -0.39 is 0 Å². The Hall–Kier alpha value is -2.07. The lowest BCUT2D eigenvalue weighted by Gasteiger charge is -2.11. The molecule has 0 spiro atoms. The maximum atomic E-state index is 8.74. The Morgan fingerprint density at radius 2 is 1.81 bits per heavy atom. The fraction of sp³-hybridized carbons (Fsp3) is 0.353. The molecule has 112 valence electrons. The van der Waals surface area contributed by atoms with Crippen molar-refractivity contribution >= 4 is 5.69 Å². The van der Waals surface area contributed by atoms with E-state index in [9.17, 15) is 0 Å². The van der Waals surface area contributed by atoms with Gasteiger partial charge >= 0.3 is 0 Å². The molecule has 3 N–H and O–H groups in total. The quantitative estimate of drug-likeness (QED) is 0.731. The monoisotopic (exact) mass is 286 g/mol. The van der Waals surface area contributed by atoms with E-state index in [-0.39, 0.29) is 6.61 Å². The molecule has 0 saturated heterocycles. The zero-order valence-electron chi connectivity index (χ0n) is 12.2. The van der Waals surface area contributed by atoms with Crippen molar-refractivity contribution in [3.63, 3.8) is 0 Å². The number of ether oxygens (including phenoxy) is 1. The van der Waals surface area contributed by atoms with Crippen molar-refractivity contribution in [2.45, 2.75) is 25.7 Å².